The molecule has 144 valence electrons. The third-order valence-electron chi connectivity index (χ3n) is 7.50. The lowest BCUT2D eigenvalue weighted by molar-refractivity contribution is -0.206. The van der Waals surface area contributed by atoms with E-state index in [9.17, 15) is 15.3 Å². The second-order valence-electron chi connectivity index (χ2n) is 9.00. The molecule has 2 aromatic rings. The van der Waals surface area contributed by atoms with Crippen molar-refractivity contribution in [2.45, 2.75) is 69.0 Å². The van der Waals surface area contributed by atoms with Gasteiger partial charge in [0.25, 0.3) is 0 Å². The van der Waals surface area contributed by atoms with Crippen molar-refractivity contribution in [1.82, 2.24) is 0 Å². The minimum Gasteiger partial charge on any atom is -0.508 e. The highest BCUT2D eigenvalue weighted by Crippen LogP contribution is 2.61. The molecule has 5 unspecified atom stereocenters. The minimum absolute atomic E-state index is 0.181. The van der Waals surface area contributed by atoms with Gasteiger partial charge in [-0.2, -0.15) is 0 Å². The molecule has 0 amide bonds. The number of hydrogen-bond acceptors (Lipinski definition) is 3. The molecule has 3 nitrogen and oxygen atoms in total. The number of aromatic hydroxyl groups is 1. The van der Waals surface area contributed by atoms with E-state index in [0.29, 0.717) is 24.5 Å². The number of aliphatic hydroxyl groups is 2. The molecule has 27 heavy (non-hydrogen) atoms. The Kier molecular flexibility index (Phi) is 4.17. The molecule has 2 aromatic carbocycles. The van der Waals surface area contributed by atoms with Gasteiger partial charge in [-0.15, -0.1) is 0 Å². The summed E-state index contributed by atoms with van der Waals surface area (Å²) in [5, 5.41) is 33.2. The third-order valence-corrected chi connectivity index (χ3v) is 7.50. The Balaban J connectivity index is 1.86. The van der Waals surface area contributed by atoms with Gasteiger partial charge in [0.05, 0.1) is 5.60 Å². The van der Waals surface area contributed by atoms with E-state index in [1.165, 1.54) is 11.1 Å². The van der Waals surface area contributed by atoms with Crippen molar-refractivity contribution < 1.29 is 15.3 Å². The molecule has 0 spiro atoms. The van der Waals surface area contributed by atoms with Crippen LogP contribution in [0.4, 0.5) is 0 Å². The first-order chi connectivity index (χ1) is 12.7. The van der Waals surface area contributed by atoms with E-state index in [4.69, 9.17) is 0 Å². The molecule has 3 N–H and O–H groups in total. The standard InChI is InChI=1S/C24H30O3/c1-4-23-15-22(3,26)24(27,17-8-6-5-7-9-17)14-18(23)12-16(2)20-13-19(25)10-11-21(20)23/h5-11,13,16,18,25-27H,4,12,14-15H2,1-3H3. The van der Waals surface area contributed by atoms with Gasteiger partial charge >= 0.3 is 0 Å². The van der Waals surface area contributed by atoms with Crippen LogP contribution in [-0.4, -0.2) is 20.9 Å². The summed E-state index contributed by atoms with van der Waals surface area (Å²) in [5.41, 5.74) is 0.544. The average molecular weight is 367 g/mol. The molecule has 3 heteroatoms. The zero-order chi connectivity index (χ0) is 19.4. The third kappa shape index (κ3) is 2.55. The van der Waals surface area contributed by atoms with Gasteiger partial charge in [-0.1, -0.05) is 50.2 Å². The zero-order valence-electron chi connectivity index (χ0n) is 16.4. The second-order valence-corrected chi connectivity index (χ2v) is 9.00. The molecule has 0 aromatic heterocycles. The normalized spacial score (nSPS) is 38.1. The maximum atomic E-state index is 11.7. The summed E-state index contributed by atoms with van der Waals surface area (Å²) in [5.74, 6) is 0.897. The Hall–Kier alpha value is -1.84. The van der Waals surface area contributed by atoms with Gasteiger partial charge < -0.3 is 15.3 Å². The van der Waals surface area contributed by atoms with Gasteiger partial charge in [0.2, 0.25) is 0 Å². The van der Waals surface area contributed by atoms with E-state index < -0.39 is 11.2 Å². The fraction of sp³-hybridized carbons (Fsp3) is 0.500. The van der Waals surface area contributed by atoms with Gasteiger partial charge in [-0.3, -0.25) is 0 Å². The van der Waals surface area contributed by atoms with Crippen LogP contribution < -0.4 is 0 Å². The van der Waals surface area contributed by atoms with Crippen molar-refractivity contribution >= 4 is 0 Å². The first-order valence-electron chi connectivity index (χ1n) is 10.1. The number of benzene rings is 2. The summed E-state index contributed by atoms with van der Waals surface area (Å²) in [6, 6.07) is 15.3. The van der Waals surface area contributed by atoms with E-state index in [1.807, 2.05) is 42.5 Å². The van der Waals surface area contributed by atoms with Gasteiger partial charge in [-0.25, -0.2) is 0 Å². The summed E-state index contributed by atoms with van der Waals surface area (Å²) in [6.45, 7) is 6.17. The molecule has 0 heterocycles. The summed E-state index contributed by atoms with van der Waals surface area (Å²) >= 11 is 0. The lowest BCUT2D eigenvalue weighted by atomic mass is 9.47. The van der Waals surface area contributed by atoms with Crippen LogP contribution in [0.15, 0.2) is 48.5 Å². The van der Waals surface area contributed by atoms with Crippen molar-refractivity contribution in [3.63, 3.8) is 0 Å². The molecule has 0 aliphatic heterocycles. The highest BCUT2D eigenvalue weighted by atomic mass is 16.4. The Morgan fingerprint density at radius 1 is 1.07 bits per heavy atom. The van der Waals surface area contributed by atoms with Crippen LogP contribution in [0.3, 0.4) is 0 Å². The fourth-order valence-corrected chi connectivity index (χ4v) is 6.01. The van der Waals surface area contributed by atoms with Crippen LogP contribution in [0, 0.1) is 5.92 Å². The predicted molar refractivity (Wildman–Crippen MR) is 107 cm³/mol. The van der Waals surface area contributed by atoms with Gasteiger partial charge in [0, 0.05) is 5.41 Å². The maximum Gasteiger partial charge on any atom is 0.118 e. The Morgan fingerprint density at radius 2 is 1.78 bits per heavy atom. The van der Waals surface area contributed by atoms with E-state index in [2.05, 4.69) is 13.8 Å². The summed E-state index contributed by atoms with van der Waals surface area (Å²) in [7, 11) is 0. The van der Waals surface area contributed by atoms with Gasteiger partial charge in [0.1, 0.15) is 11.4 Å². The van der Waals surface area contributed by atoms with Crippen molar-refractivity contribution in [2.75, 3.05) is 0 Å². The highest BCUT2D eigenvalue weighted by Gasteiger charge is 2.61. The predicted octanol–water partition coefficient (Wildman–Crippen LogP) is 4.60. The average Bonchev–Trinajstić information content (AvgIpc) is 2.64. The Labute approximate surface area is 161 Å². The quantitative estimate of drug-likeness (QED) is 0.728. The first-order valence-corrected chi connectivity index (χ1v) is 10.1. The zero-order valence-corrected chi connectivity index (χ0v) is 16.4. The van der Waals surface area contributed by atoms with E-state index >= 15 is 0 Å². The largest absolute Gasteiger partial charge is 0.508 e. The number of fused-ring (bicyclic) bond motifs is 3. The highest BCUT2D eigenvalue weighted by molar-refractivity contribution is 5.46. The van der Waals surface area contributed by atoms with Gasteiger partial charge in [0.15, 0.2) is 0 Å². The molecule has 1 fully saturated rings. The minimum atomic E-state index is -1.26. The maximum absolute atomic E-state index is 11.7. The molecule has 5 atom stereocenters. The Morgan fingerprint density at radius 3 is 2.44 bits per heavy atom. The molecule has 2 aliphatic rings. The molecular weight excluding hydrogens is 336 g/mol. The smallest absolute Gasteiger partial charge is 0.118 e. The van der Waals surface area contributed by atoms with Crippen molar-refractivity contribution in [3.05, 3.63) is 65.2 Å². The lowest BCUT2D eigenvalue weighted by Gasteiger charge is -2.59. The van der Waals surface area contributed by atoms with Crippen LogP contribution in [0.25, 0.3) is 0 Å². The van der Waals surface area contributed by atoms with Crippen LogP contribution in [-0.2, 0) is 11.0 Å². The molecule has 0 bridgehead atoms. The van der Waals surface area contributed by atoms with Crippen molar-refractivity contribution in [2.24, 2.45) is 5.92 Å². The van der Waals surface area contributed by atoms with Crippen molar-refractivity contribution in [1.29, 1.82) is 0 Å². The summed E-state index contributed by atoms with van der Waals surface area (Å²) in [6.07, 6.45) is 2.91. The number of phenols is 1. The molecule has 0 saturated heterocycles. The second kappa shape index (κ2) is 6.08. The Bertz CT molecular complexity index is 844. The number of phenolic OH excluding ortho intramolecular Hbond substituents is 1. The number of rotatable bonds is 2. The van der Waals surface area contributed by atoms with E-state index in [1.54, 1.807) is 13.0 Å². The lowest BCUT2D eigenvalue weighted by Crippen LogP contribution is -2.62. The fourth-order valence-electron chi connectivity index (χ4n) is 6.01. The van der Waals surface area contributed by atoms with Crippen LogP contribution in [0.1, 0.15) is 69.1 Å². The van der Waals surface area contributed by atoms with Crippen LogP contribution >= 0.6 is 0 Å². The van der Waals surface area contributed by atoms with Crippen LogP contribution in [0.2, 0.25) is 0 Å². The number of hydrogen-bond donors (Lipinski definition) is 3. The van der Waals surface area contributed by atoms with Crippen molar-refractivity contribution in [3.8, 4) is 5.75 Å². The van der Waals surface area contributed by atoms with E-state index in [0.717, 1.165) is 18.4 Å². The monoisotopic (exact) mass is 366 g/mol. The SMILES string of the molecule is CCC12CC(C)(O)C(O)(c3ccccc3)CC1CC(C)c1cc(O)ccc12. The van der Waals surface area contributed by atoms with E-state index in [-0.39, 0.29) is 11.3 Å². The molecule has 2 aliphatic carbocycles. The summed E-state index contributed by atoms with van der Waals surface area (Å²) < 4.78 is 0. The first kappa shape index (κ1) is 18.5. The van der Waals surface area contributed by atoms with Gasteiger partial charge in [-0.05, 0) is 73.3 Å². The molecule has 0 radical (unpaired) electrons. The molecule has 4 rings (SSSR count). The molecular formula is C24H30O3. The van der Waals surface area contributed by atoms with Crippen LogP contribution in [0.5, 0.6) is 5.75 Å². The topological polar surface area (TPSA) is 60.7 Å². The summed E-state index contributed by atoms with van der Waals surface area (Å²) in [4.78, 5) is 0. The molecule has 1 saturated carbocycles.